The summed E-state index contributed by atoms with van der Waals surface area (Å²) in [6.45, 7) is 2.23. The predicted molar refractivity (Wildman–Crippen MR) is 104 cm³/mol. The van der Waals surface area contributed by atoms with Crippen molar-refractivity contribution in [3.05, 3.63) is 78.7 Å². The Morgan fingerprint density at radius 3 is 2.53 bits per heavy atom. The number of nitro groups is 2. The van der Waals surface area contributed by atoms with Gasteiger partial charge in [-0.15, -0.1) is 0 Å². The molecule has 0 atom stereocenters. The Kier molecular flexibility index (Phi) is 5.58. The molecule has 0 aliphatic carbocycles. The van der Waals surface area contributed by atoms with Gasteiger partial charge in [-0.25, -0.2) is 4.79 Å². The largest absolute Gasteiger partial charge is 0.494 e. The van der Waals surface area contributed by atoms with E-state index in [4.69, 9.17) is 9.15 Å². The van der Waals surface area contributed by atoms with Gasteiger partial charge < -0.3 is 9.15 Å². The van der Waals surface area contributed by atoms with Crippen LogP contribution in [-0.2, 0) is 0 Å². The van der Waals surface area contributed by atoms with E-state index in [-0.39, 0.29) is 16.8 Å². The van der Waals surface area contributed by atoms with E-state index in [2.05, 4.69) is 10.9 Å². The third kappa shape index (κ3) is 4.16. The zero-order chi connectivity index (χ0) is 21.8. The van der Waals surface area contributed by atoms with Crippen molar-refractivity contribution >= 4 is 33.9 Å². The minimum Gasteiger partial charge on any atom is -0.494 e. The fourth-order valence-electron chi connectivity index (χ4n) is 2.59. The van der Waals surface area contributed by atoms with Gasteiger partial charge in [0.25, 0.3) is 11.6 Å². The van der Waals surface area contributed by atoms with Gasteiger partial charge in [-0.3, -0.25) is 35.9 Å². The molecule has 2 aromatic carbocycles. The predicted octanol–water partition coefficient (Wildman–Crippen LogP) is 2.77. The fraction of sp³-hybridized carbons (Fsp3) is 0.111. The van der Waals surface area contributed by atoms with Crippen LogP contribution in [0.2, 0.25) is 0 Å². The van der Waals surface area contributed by atoms with Crippen molar-refractivity contribution in [1.29, 1.82) is 0 Å². The third-order valence-corrected chi connectivity index (χ3v) is 3.96. The summed E-state index contributed by atoms with van der Waals surface area (Å²) >= 11 is 0. The average Bonchev–Trinajstić information content (AvgIpc) is 2.71. The van der Waals surface area contributed by atoms with Crippen LogP contribution in [0.4, 0.5) is 17.1 Å². The number of rotatable bonds is 7. The zero-order valence-corrected chi connectivity index (χ0v) is 15.4. The first kappa shape index (κ1) is 20.3. The van der Waals surface area contributed by atoms with Crippen molar-refractivity contribution in [2.24, 2.45) is 0 Å². The van der Waals surface area contributed by atoms with Gasteiger partial charge in [0, 0.05) is 17.5 Å². The highest BCUT2D eigenvalue weighted by Crippen LogP contribution is 2.28. The van der Waals surface area contributed by atoms with Crippen LogP contribution >= 0.6 is 0 Å². The summed E-state index contributed by atoms with van der Waals surface area (Å²) in [4.78, 5) is 44.8. The first-order valence-corrected chi connectivity index (χ1v) is 8.50. The molecule has 0 radical (unpaired) electrons. The van der Waals surface area contributed by atoms with E-state index >= 15 is 0 Å². The lowest BCUT2D eigenvalue weighted by molar-refractivity contribution is -0.393. The molecule has 0 bridgehead atoms. The highest BCUT2D eigenvalue weighted by atomic mass is 16.6. The molecule has 12 heteroatoms. The summed E-state index contributed by atoms with van der Waals surface area (Å²) in [6, 6.07) is 8.91. The molecular formula is C18H14N4O8. The number of ether oxygens (including phenoxy) is 1. The second kappa shape index (κ2) is 8.26. The molecule has 0 saturated carbocycles. The van der Waals surface area contributed by atoms with Crippen LogP contribution < -0.4 is 21.2 Å². The number of anilines is 1. The average molecular weight is 414 g/mol. The number of fused-ring (bicyclic) bond motifs is 1. The zero-order valence-electron chi connectivity index (χ0n) is 15.4. The molecule has 0 spiro atoms. The van der Waals surface area contributed by atoms with Crippen molar-refractivity contribution in [1.82, 2.24) is 5.43 Å². The standard InChI is InChI=1S/C18H14N4O8/c1-2-29-12-5-3-10-7-13(18(24)30-16(10)9-12)17(23)20-19-14-6-4-11(21(25)26)8-15(14)22(27)28/h3-9,19H,2H2,1H3,(H,20,23). The maximum Gasteiger partial charge on any atom is 0.349 e. The summed E-state index contributed by atoms with van der Waals surface area (Å²) in [5, 5.41) is 22.4. The molecular weight excluding hydrogens is 400 g/mol. The number of benzene rings is 2. The molecule has 3 aromatic rings. The van der Waals surface area contributed by atoms with Gasteiger partial charge >= 0.3 is 11.3 Å². The maximum absolute atomic E-state index is 12.4. The van der Waals surface area contributed by atoms with Crippen molar-refractivity contribution < 1.29 is 23.8 Å². The molecule has 0 saturated heterocycles. The number of amides is 1. The Hall–Kier alpha value is -4.48. The number of carbonyl (C=O) groups is 1. The number of non-ortho nitro benzene ring substituents is 1. The SMILES string of the molecule is CCOc1ccc2cc(C(=O)NNc3ccc([N+](=O)[O-])cc3[N+](=O)[O-])c(=O)oc2c1. The Balaban J connectivity index is 1.84. The van der Waals surface area contributed by atoms with Gasteiger partial charge in [-0.05, 0) is 31.2 Å². The monoisotopic (exact) mass is 414 g/mol. The Bertz CT molecular complexity index is 1220. The van der Waals surface area contributed by atoms with E-state index in [1.807, 2.05) is 0 Å². The topological polar surface area (TPSA) is 167 Å². The molecule has 2 N–H and O–H groups in total. The fourth-order valence-corrected chi connectivity index (χ4v) is 2.59. The quantitative estimate of drug-likeness (QED) is 0.335. The number of hydrogen-bond acceptors (Lipinski definition) is 9. The van der Waals surface area contributed by atoms with Gasteiger partial charge in [0.2, 0.25) is 0 Å². The molecule has 1 heterocycles. The summed E-state index contributed by atoms with van der Waals surface area (Å²) < 4.78 is 10.5. The third-order valence-electron chi connectivity index (χ3n) is 3.96. The normalized spacial score (nSPS) is 10.4. The maximum atomic E-state index is 12.4. The molecule has 0 aliphatic heterocycles. The van der Waals surface area contributed by atoms with Crippen molar-refractivity contribution in [2.75, 3.05) is 12.0 Å². The molecule has 1 aromatic heterocycles. The number of nitrogens with zero attached hydrogens (tertiary/aromatic N) is 2. The van der Waals surface area contributed by atoms with E-state index in [1.165, 1.54) is 12.1 Å². The summed E-state index contributed by atoms with van der Waals surface area (Å²) in [6.07, 6.45) is 0. The number of nitrogens with one attached hydrogen (secondary N) is 2. The van der Waals surface area contributed by atoms with Gasteiger partial charge in [-0.1, -0.05) is 0 Å². The highest BCUT2D eigenvalue weighted by molar-refractivity contribution is 5.97. The van der Waals surface area contributed by atoms with Gasteiger partial charge in [0.05, 0.1) is 22.5 Å². The Labute approximate surface area is 167 Å². The summed E-state index contributed by atoms with van der Waals surface area (Å²) in [5.41, 5.74) is 2.09. The molecule has 12 nitrogen and oxygen atoms in total. The highest BCUT2D eigenvalue weighted by Gasteiger charge is 2.21. The van der Waals surface area contributed by atoms with Crippen LogP contribution in [0.5, 0.6) is 5.75 Å². The first-order chi connectivity index (χ1) is 14.3. The van der Waals surface area contributed by atoms with E-state index in [0.717, 1.165) is 18.2 Å². The van der Waals surface area contributed by atoms with Crippen molar-refractivity contribution in [2.45, 2.75) is 6.92 Å². The van der Waals surface area contributed by atoms with Crippen LogP contribution in [0, 0.1) is 20.2 Å². The van der Waals surface area contributed by atoms with Crippen LogP contribution in [-0.4, -0.2) is 22.4 Å². The second-order valence-electron chi connectivity index (χ2n) is 5.87. The van der Waals surface area contributed by atoms with Crippen LogP contribution in [0.3, 0.4) is 0 Å². The first-order valence-electron chi connectivity index (χ1n) is 8.50. The van der Waals surface area contributed by atoms with Gasteiger partial charge in [-0.2, -0.15) is 0 Å². The summed E-state index contributed by atoms with van der Waals surface area (Å²) in [7, 11) is 0. The number of hydrazine groups is 1. The lowest BCUT2D eigenvalue weighted by Crippen LogP contribution is -2.33. The molecule has 3 rings (SSSR count). The van der Waals surface area contributed by atoms with E-state index in [0.29, 0.717) is 17.7 Å². The molecule has 0 fully saturated rings. The molecule has 0 aliphatic rings. The van der Waals surface area contributed by atoms with E-state index < -0.39 is 32.8 Å². The number of hydrogen-bond donors (Lipinski definition) is 2. The molecule has 0 unspecified atom stereocenters. The number of carbonyl (C=O) groups excluding carboxylic acids is 1. The Morgan fingerprint density at radius 2 is 1.87 bits per heavy atom. The summed E-state index contributed by atoms with van der Waals surface area (Å²) in [5.74, 6) is -0.412. The van der Waals surface area contributed by atoms with Crippen LogP contribution in [0.1, 0.15) is 17.3 Å². The Morgan fingerprint density at radius 1 is 1.10 bits per heavy atom. The molecule has 30 heavy (non-hydrogen) atoms. The van der Waals surface area contributed by atoms with Crippen LogP contribution in [0.25, 0.3) is 11.0 Å². The van der Waals surface area contributed by atoms with Crippen LogP contribution in [0.15, 0.2) is 51.7 Å². The lowest BCUT2D eigenvalue weighted by atomic mass is 10.1. The second-order valence-corrected chi connectivity index (χ2v) is 5.87. The van der Waals surface area contributed by atoms with Crippen molar-refractivity contribution in [3.63, 3.8) is 0 Å². The van der Waals surface area contributed by atoms with Gasteiger partial charge in [0.1, 0.15) is 22.6 Å². The number of nitro benzene ring substituents is 2. The lowest BCUT2D eigenvalue weighted by Gasteiger charge is -2.09. The molecule has 1 amide bonds. The minimum atomic E-state index is -0.923. The van der Waals surface area contributed by atoms with Gasteiger partial charge in [0.15, 0.2) is 0 Å². The smallest absolute Gasteiger partial charge is 0.349 e. The molecule has 154 valence electrons. The van der Waals surface area contributed by atoms with Crippen molar-refractivity contribution in [3.8, 4) is 5.75 Å². The minimum absolute atomic E-state index is 0.203. The van der Waals surface area contributed by atoms with E-state index in [1.54, 1.807) is 19.1 Å². The van der Waals surface area contributed by atoms with E-state index in [9.17, 15) is 29.8 Å².